The molecule has 0 aliphatic heterocycles. The Morgan fingerprint density at radius 3 is 2.42 bits per heavy atom. The second kappa shape index (κ2) is 9.96. The van der Waals surface area contributed by atoms with Crippen molar-refractivity contribution in [2.45, 2.75) is 125 Å². The van der Waals surface area contributed by atoms with E-state index in [1.165, 1.54) is 50.5 Å². The van der Waals surface area contributed by atoms with E-state index >= 15 is 0 Å². The van der Waals surface area contributed by atoms with Gasteiger partial charge in [-0.3, -0.25) is 0 Å². The van der Waals surface area contributed by atoms with E-state index in [0.717, 1.165) is 61.4 Å². The van der Waals surface area contributed by atoms with Gasteiger partial charge < -0.3 is 9.84 Å². The Balaban J connectivity index is 1.56. The standard InChI is InChI=1S/C31H54O2/c1-8-22(20(3)4)11-10-21(5)25-12-13-26-29-27(15-17-31(25,26)7)30(6)16-14-24(32)18-23(30)19-28(29)33-9-2/h19-22,24-29,32H,8-18H2,1-7H3/t21-,22+,24+,25-,26+,27+,28+,29+,30+,31-/m1/s1. The van der Waals surface area contributed by atoms with Gasteiger partial charge in [0.25, 0.3) is 0 Å². The molecule has 0 radical (unpaired) electrons. The highest BCUT2D eigenvalue weighted by Gasteiger charge is 2.61. The van der Waals surface area contributed by atoms with E-state index in [9.17, 15) is 5.11 Å². The van der Waals surface area contributed by atoms with Crippen molar-refractivity contribution >= 4 is 0 Å². The van der Waals surface area contributed by atoms with Gasteiger partial charge in [0.1, 0.15) is 0 Å². The van der Waals surface area contributed by atoms with Crippen LogP contribution in [0.1, 0.15) is 113 Å². The van der Waals surface area contributed by atoms with Gasteiger partial charge in [0, 0.05) is 6.61 Å². The van der Waals surface area contributed by atoms with E-state index < -0.39 is 0 Å². The number of aliphatic hydroxyl groups is 1. The summed E-state index contributed by atoms with van der Waals surface area (Å²) in [5.41, 5.74) is 2.28. The van der Waals surface area contributed by atoms with Gasteiger partial charge in [-0.2, -0.15) is 0 Å². The highest BCUT2D eigenvalue weighted by Crippen LogP contribution is 2.67. The minimum absolute atomic E-state index is 0.147. The van der Waals surface area contributed by atoms with Crippen LogP contribution in [0.5, 0.6) is 0 Å². The van der Waals surface area contributed by atoms with Crippen LogP contribution in [-0.4, -0.2) is 23.9 Å². The molecule has 10 atom stereocenters. The third-order valence-electron chi connectivity index (χ3n) is 11.7. The fourth-order valence-corrected chi connectivity index (χ4v) is 9.62. The fraction of sp³-hybridized carbons (Fsp3) is 0.935. The maximum atomic E-state index is 10.4. The molecule has 4 aliphatic rings. The van der Waals surface area contributed by atoms with Crippen LogP contribution in [0.2, 0.25) is 0 Å². The molecule has 3 saturated carbocycles. The van der Waals surface area contributed by atoms with E-state index in [0.29, 0.717) is 11.3 Å². The van der Waals surface area contributed by atoms with Crippen LogP contribution in [0.3, 0.4) is 0 Å². The number of hydrogen-bond acceptors (Lipinski definition) is 2. The van der Waals surface area contributed by atoms with Gasteiger partial charge in [-0.05, 0) is 111 Å². The number of rotatable bonds is 8. The van der Waals surface area contributed by atoms with E-state index in [2.05, 4.69) is 54.5 Å². The van der Waals surface area contributed by atoms with Gasteiger partial charge in [0.2, 0.25) is 0 Å². The quantitative estimate of drug-likeness (QED) is 0.373. The van der Waals surface area contributed by atoms with Gasteiger partial charge in [0.15, 0.2) is 0 Å². The van der Waals surface area contributed by atoms with Crippen LogP contribution in [-0.2, 0) is 4.74 Å². The molecule has 1 N–H and O–H groups in total. The molecule has 4 aliphatic carbocycles. The van der Waals surface area contributed by atoms with Crippen molar-refractivity contribution < 1.29 is 9.84 Å². The summed E-state index contributed by atoms with van der Waals surface area (Å²) in [7, 11) is 0. The normalized spacial score (nSPS) is 44.6. The highest BCUT2D eigenvalue weighted by molar-refractivity contribution is 5.28. The lowest BCUT2D eigenvalue weighted by atomic mass is 9.46. The monoisotopic (exact) mass is 458 g/mol. The molecule has 2 heteroatoms. The lowest BCUT2D eigenvalue weighted by molar-refractivity contribution is -0.113. The minimum Gasteiger partial charge on any atom is -0.393 e. The first-order chi connectivity index (χ1) is 15.7. The molecule has 0 heterocycles. The van der Waals surface area contributed by atoms with E-state index in [-0.39, 0.29) is 17.6 Å². The van der Waals surface area contributed by atoms with Gasteiger partial charge in [-0.15, -0.1) is 0 Å². The summed E-state index contributed by atoms with van der Waals surface area (Å²) < 4.78 is 6.49. The lowest BCUT2D eigenvalue weighted by Crippen LogP contribution is -2.55. The Morgan fingerprint density at radius 1 is 1.00 bits per heavy atom. The number of ether oxygens (including phenoxy) is 1. The van der Waals surface area contributed by atoms with Crippen molar-refractivity contribution in [3.63, 3.8) is 0 Å². The largest absolute Gasteiger partial charge is 0.393 e. The van der Waals surface area contributed by atoms with Crippen molar-refractivity contribution in [3.8, 4) is 0 Å². The first-order valence-corrected chi connectivity index (χ1v) is 14.7. The zero-order chi connectivity index (χ0) is 24.0. The third-order valence-corrected chi connectivity index (χ3v) is 11.7. The summed E-state index contributed by atoms with van der Waals surface area (Å²) in [5.74, 6) is 5.62. The average Bonchev–Trinajstić information content (AvgIpc) is 3.12. The molecule has 2 nitrogen and oxygen atoms in total. The summed E-state index contributed by atoms with van der Waals surface area (Å²) in [6.45, 7) is 18.0. The van der Waals surface area contributed by atoms with Crippen LogP contribution >= 0.6 is 0 Å². The van der Waals surface area contributed by atoms with Crippen LogP contribution in [0.25, 0.3) is 0 Å². The van der Waals surface area contributed by atoms with Crippen molar-refractivity contribution in [1.29, 1.82) is 0 Å². The second-order valence-corrected chi connectivity index (χ2v) is 13.4. The van der Waals surface area contributed by atoms with Gasteiger partial charge in [-0.25, -0.2) is 0 Å². The van der Waals surface area contributed by atoms with Crippen molar-refractivity contribution in [2.24, 2.45) is 52.3 Å². The topological polar surface area (TPSA) is 29.5 Å². The second-order valence-electron chi connectivity index (χ2n) is 13.4. The molecule has 0 aromatic carbocycles. The first-order valence-electron chi connectivity index (χ1n) is 14.7. The average molecular weight is 459 g/mol. The van der Waals surface area contributed by atoms with Crippen LogP contribution in [0, 0.1) is 52.3 Å². The first kappa shape index (κ1) is 25.7. The fourth-order valence-electron chi connectivity index (χ4n) is 9.62. The summed E-state index contributed by atoms with van der Waals surface area (Å²) in [5, 5.41) is 10.4. The highest BCUT2D eigenvalue weighted by atomic mass is 16.5. The summed E-state index contributed by atoms with van der Waals surface area (Å²) in [6, 6.07) is 0. The number of aliphatic hydroxyl groups excluding tert-OH is 1. The zero-order valence-electron chi connectivity index (χ0n) is 22.9. The smallest absolute Gasteiger partial charge is 0.0792 e. The van der Waals surface area contributed by atoms with Crippen molar-refractivity contribution in [1.82, 2.24) is 0 Å². The summed E-state index contributed by atoms with van der Waals surface area (Å²) in [4.78, 5) is 0. The van der Waals surface area contributed by atoms with E-state index in [1.54, 1.807) is 0 Å². The number of hydrogen-bond donors (Lipinski definition) is 1. The van der Waals surface area contributed by atoms with Gasteiger partial charge >= 0.3 is 0 Å². The molecule has 3 fully saturated rings. The zero-order valence-corrected chi connectivity index (χ0v) is 22.9. The molecule has 0 unspecified atom stereocenters. The molecule has 0 saturated heterocycles. The van der Waals surface area contributed by atoms with Crippen LogP contribution < -0.4 is 0 Å². The third kappa shape index (κ3) is 4.50. The Bertz CT molecular complexity index is 697. The molecule has 190 valence electrons. The lowest BCUT2D eigenvalue weighted by Gasteiger charge is -2.60. The summed E-state index contributed by atoms with van der Waals surface area (Å²) >= 11 is 0. The Morgan fingerprint density at radius 2 is 1.76 bits per heavy atom. The molecule has 0 aromatic rings. The molecular formula is C31H54O2. The minimum atomic E-state index is -0.147. The Kier molecular flexibility index (Phi) is 7.77. The van der Waals surface area contributed by atoms with E-state index in [4.69, 9.17) is 4.74 Å². The van der Waals surface area contributed by atoms with Gasteiger partial charge in [-0.1, -0.05) is 66.0 Å². The predicted molar refractivity (Wildman–Crippen MR) is 139 cm³/mol. The molecular weight excluding hydrogens is 404 g/mol. The Labute approximate surface area is 205 Å². The number of fused-ring (bicyclic) bond motifs is 5. The SMILES string of the molecule is CCO[C@H]1C=C2C[C@@H](O)CC[C@]2(C)[C@H]2CC[C@]3(C)[C@@H]([C@H](C)CC[C@H](CC)C(C)C)CC[C@H]3[C@H]12. The molecule has 33 heavy (non-hydrogen) atoms. The maximum Gasteiger partial charge on any atom is 0.0792 e. The van der Waals surface area contributed by atoms with E-state index in [1.807, 2.05) is 0 Å². The summed E-state index contributed by atoms with van der Waals surface area (Å²) in [6.07, 6.45) is 15.4. The van der Waals surface area contributed by atoms with Crippen molar-refractivity contribution in [2.75, 3.05) is 6.61 Å². The van der Waals surface area contributed by atoms with Crippen LogP contribution in [0.4, 0.5) is 0 Å². The van der Waals surface area contributed by atoms with Gasteiger partial charge in [0.05, 0.1) is 12.2 Å². The molecule has 0 amide bonds. The molecule has 0 aromatic heterocycles. The van der Waals surface area contributed by atoms with Crippen molar-refractivity contribution in [3.05, 3.63) is 11.6 Å². The maximum absolute atomic E-state index is 10.4. The molecule has 0 bridgehead atoms. The predicted octanol–water partition coefficient (Wildman–Crippen LogP) is 8.04. The Hall–Kier alpha value is -0.340. The van der Waals surface area contributed by atoms with Crippen LogP contribution in [0.15, 0.2) is 11.6 Å². The molecule has 0 spiro atoms. The molecule has 4 rings (SSSR count).